The van der Waals surface area contributed by atoms with E-state index in [-0.39, 0.29) is 22.1 Å². The minimum Gasteiger partial charge on any atom is -0.489 e. The Kier molecular flexibility index (Phi) is 8.57. The van der Waals surface area contributed by atoms with Crippen LogP contribution in [0.1, 0.15) is 18.1 Å². The van der Waals surface area contributed by atoms with E-state index in [1.807, 2.05) is 25.9 Å². The highest BCUT2D eigenvalue weighted by molar-refractivity contribution is 8.15. The molecule has 0 saturated carbocycles. The number of rotatable bonds is 7. The third kappa shape index (κ3) is 6.13. The van der Waals surface area contributed by atoms with Gasteiger partial charge in [0.1, 0.15) is 11.7 Å². The van der Waals surface area contributed by atoms with Crippen LogP contribution in [0.25, 0.3) is 0 Å². The van der Waals surface area contributed by atoms with Crippen LogP contribution < -0.4 is 4.74 Å². The van der Waals surface area contributed by atoms with Gasteiger partial charge in [0, 0.05) is 12.1 Å². The van der Waals surface area contributed by atoms with Crippen LogP contribution in [0.15, 0.2) is 17.1 Å². The summed E-state index contributed by atoms with van der Waals surface area (Å²) >= 11 is 1.08. The maximum atomic E-state index is 14.8. The largest absolute Gasteiger partial charge is 0.489 e. The third-order valence-corrected chi connectivity index (χ3v) is 4.03. The third-order valence-electron chi connectivity index (χ3n) is 3.35. The Morgan fingerprint density at radius 2 is 2.08 bits per heavy atom. The first-order valence-corrected chi connectivity index (χ1v) is 8.96. The first-order valence-electron chi connectivity index (χ1n) is 7.73. The van der Waals surface area contributed by atoms with Crippen molar-refractivity contribution in [2.45, 2.75) is 13.3 Å². The number of nitrogens with zero attached hydrogens (tertiary/aromatic N) is 2. The molecular formula is C17H24FN3O3S. The van der Waals surface area contributed by atoms with Gasteiger partial charge in [-0.1, -0.05) is 6.92 Å². The van der Waals surface area contributed by atoms with Gasteiger partial charge in [0.05, 0.1) is 12.8 Å². The number of carbonyl (C=O) groups is 1. The van der Waals surface area contributed by atoms with E-state index in [0.29, 0.717) is 19.6 Å². The predicted octanol–water partition coefficient (Wildman–Crippen LogP) is 3.22. The summed E-state index contributed by atoms with van der Waals surface area (Å²) in [4.78, 5) is 17.0. The SMILES string of the molecule is CCc1cc(OCCN(C)C)c(F)c(C(=N)/C(=N/C(=O)OC)SC)c1. The molecule has 1 N–H and O–H groups in total. The molecule has 0 aliphatic carbocycles. The summed E-state index contributed by atoms with van der Waals surface area (Å²) in [7, 11) is 5.00. The van der Waals surface area contributed by atoms with Crippen molar-refractivity contribution in [3.8, 4) is 5.75 Å². The summed E-state index contributed by atoms with van der Waals surface area (Å²) < 4.78 is 24.8. The lowest BCUT2D eigenvalue weighted by Gasteiger charge is -2.15. The Hall–Kier alpha value is -1.93. The number of benzene rings is 1. The van der Waals surface area contributed by atoms with E-state index >= 15 is 0 Å². The molecule has 1 rings (SSSR count). The zero-order valence-corrected chi connectivity index (χ0v) is 16.0. The molecule has 0 unspecified atom stereocenters. The van der Waals surface area contributed by atoms with Crippen LogP contribution in [0.5, 0.6) is 5.75 Å². The standard InChI is InChI=1S/C17H24FN3O3S/c1-6-11-9-12(15(19)16(25-5)20-17(22)23-4)14(18)13(10-11)24-8-7-21(2)3/h9-10,19H,6-8H2,1-5H3/b19-15?,20-16-. The van der Waals surface area contributed by atoms with E-state index < -0.39 is 11.9 Å². The van der Waals surface area contributed by atoms with Crippen molar-refractivity contribution in [3.63, 3.8) is 0 Å². The first-order chi connectivity index (χ1) is 11.8. The van der Waals surface area contributed by atoms with E-state index in [0.717, 1.165) is 17.3 Å². The summed E-state index contributed by atoms with van der Waals surface area (Å²) in [6.07, 6.45) is 1.49. The van der Waals surface area contributed by atoms with Gasteiger partial charge in [-0.15, -0.1) is 11.8 Å². The average molecular weight is 369 g/mol. The lowest BCUT2D eigenvalue weighted by Crippen LogP contribution is -2.20. The number of ether oxygens (including phenoxy) is 2. The van der Waals surface area contributed by atoms with Crippen molar-refractivity contribution < 1.29 is 18.7 Å². The molecule has 0 atom stereocenters. The summed E-state index contributed by atoms with van der Waals surface area (Å²) in [5.74, 6) is -0.535. The molecule has 1 aromatic carbocycles. The molecule has 0 fully saturated rings. The van der Waals surface area contributed by atoms with Gasteiger partial charge in [-0.25, -0.2) is 9.18 Å². The second-order valence-corrected chi connectivity index (χ2v) is 6.22. The Morgan fingerprint density at radius 3 is 2.60 bits per heavy atom. The molecule has 0 spiro atoms. The molecule has 0 saturated heterocycles. The van der Waals surface area contributed by atoms with Crippen molar-refractivity contribution in [1.29, 1.82) is 5.41 Å². The zero-order chi connectivity index (χ0) is 19.0. The molecule has 0 aromatic heterocycles. The van der Waals surface area contributed by atoms with Gasteiger partial charge in [0.15, 0.2) is 11.6 Å². The highest BCUT2D eigenvalue weighted by Crippen LogP contribution is 2.25. The number of aliphatic imine (C=N–C) groups is 1. The number of hydrogen-bond donors (Lipinski definition) is 1. The molecular weight excluding hydrogens is 345 g/mol. The summed E-state index contributed by atoms with van der Waals surface area (Å²) in [5, 5.41) is 8.33. The quantitative estimate of drug-likeness (QED) is 0.590. The van der Waals surface area contributed by atoms with Crippen molar-refractivity contribution in [3.05, 3.63) is 29.1 Å². The Morgan fingerprint density at radius 1 is 1.40 bits per heavy atom. The zero-order valence-electron chi connectivity index (χ0n) is 15.2. The fourth-order valence-electron chi connectivity index (χ4n) is 1.93. The number of amides is 1. The van der Waals surface area contributed by atoms with Crippen molar-refractivity contribution >= 4 is 28.6 Å². The maximum absolute atomic E-state index is 14.8. The lowest BCUT2D eigenvalue weighted by molar-refractivity contribution is 0.183. The second kappa shape index (κ2) is 10.1. The van der Waals surface area contributed by atoms with Gasteiger partial charge in [0.25, 0.3) is 0 Å². The summed E-state index contributed by atoms with van der Waals surface area (Å²) in [5.41, 5.74) is 0.707. The summed E-state index contributed by atoms with van der Waals surface area (Å²) in [6, 6.07) is 3.22. The van der Waals surface area contributed by atoms with Gasteiger partial charge in [-0.05, 0) is 44.5 Å². The fraction of sp³-hybridized carbons (Fsp3) is 0.471. The minimum atomic E-state index is -0.830. The van der Waals surface area contributed by atoms with Gasteiger partial charge in [-0.2, -0.15) is 4.99 Å². The number of aryl methyl sites for hydroxylation is 1. The molecule has 8 heteroatoms. The van der Waals surface area contributed by atoms with Crippen LogP contribution in [0.3, 0.4) is 0 Å². The number of nitrogens with one attached hydrogen (secondary N) is 1. The van der Waals surface area contributed by atoms with Crippen LogP contribution >= 0.6 is 11.8 Å². The first kappa shape index (κ1) is 21.1. The fourth-order valence-corrected chi connectivity index (χ4v) is 2.41. The smallest absolute Gasteiger partial charge is 0.434 e. The molecule has 0 aliphatic heterocycles. The Labute approximate surface area is 151 Å². The lowest BCUT2D eigenvalue weighted by atomic mass is 10.0. The van der Waals surface area contributed by atoms with Crippen LogP contribution in [-0.4, -0.2) is 62.4 Å². The highest BCUT2D eigenvalue weighted by Gasteiger charge is 2.20. The maximum Gasteiger partial charge on any atom is 0.434 e. The Balaban J connectivity index is 3.22. The molecule has 6 nitrogen and oxygen atoms in total. The summed E-state index contributed by atoms with van der Waals surface area (Å²) in [6.45, 7) is 2.90. The molecule has 0 heterocycles. The van der Waals surface area contributed by atoms with Crippen molar-refractivity contribution in [2.24, 2.45) is 4.99 Å². The number of hydrogen-bond acceptors (Lipinski definition) is 6. The highest BCUT2D eigenvalue weighted by atomic mass is 32.2. The van der Waals surface area contributed by atoms with Crippen LogP contribution in [-0.2, 0) is 11.2 Å². The topological polar surface area (TPSA) is 75.0 Å². The van der Waals surface area contributed by atoms with E-state index in [9.17, 15) is 9.18 Å². The van der Waals surface area contributed by atoms with Crippen LogP contribution in [0.4, 0.5) is 9.18 Å². The van der Waals surface area contributed by atoms with E-state index in [2.05, 4.69) is 9.73 Å². The Bertz CT molecular complexity index is 663. The molecule has 0 radical (unpaired) electrons. The van der Waals surface area contributed by atoms with E-state index in [1.165, 1.54) is 7.11 Å². The molecule has 1 aromatic rings. The average Bonchev–Trinajstić information content (AvgIpc) is 2.59. The monoisotopic (exact) mass is 369 g/mol. The van der Waals surface area contributed by atoms with Crippen LogP contribution in [0, 0.1) is 11.2 Å². The predicted molar refractivity (Wildman–Crippen MR) is 100 cm³/mol. The van der Waals surface area contributed by atoms with E-state index in [1.54, 1.807) is 18.4 Å². The second-order valence-electron chi connectivity index (χ2n) is 5.43. The van der Waals surface area contributed by atoms with Gasteiger partial charge >= 0.3 is 6.09 Å². The van der Waals surface area contributed by atoms with Gasteiger partial charge in [-0.3, -0.25) is 5.41 Å². The van der Waals surface area contributed by atoms with Gasteiger partial charge < -0.3 is 14.4 Å². The van der Waals surface area contributed by atoms with Gasteiger partial charge in [0.2, 0.25) is 0 Å². The molecule has 25 heavy (non-hydrogen) atoms. The van der Waals surface area contributed by atoms with Crippen molar-refractivity contribution in [1.82, 2.24) is 4.90 Å². The molecule has 0 aliphatic rings. The number of thioether (sulfide) groups is 1. The number of methoxy groups -OCH3 is 1. The molecule has 0 bridgehead atoms. The number of carbonyl (C=O) groups excluding carboxylic acids is 1. The number of likely N-dealkylation sites (N-methyl/N-ethyl adjacent to an activating group) is 1. The molecule has 138 valence electrons. The molecule has 1 amide bonds. The number of halogens is 1. The normalized spacial score (nSPS) is 11.6. The minimum absolute atomic E-state index is 0.0520. The van der Waals surface area contributed by atoms with Crippen LogP contribution in [0.2, 0.25) is 0 Å². The van der Waals surface area contributed by atoms with E-state index in [4.69, 9.17) is 10.1 Å². The van der Waals surface area contributed by atoms with Crippen molar-refractivity contribution in [2.75, 3.05) is 40.6 Å².